The van der Waals surface area contributed by atoms with Gasteiger partial charge in [0.1, 0.15) is 0 Å². The van der Waals surface area contributed by atoms with Crippen LogP contribution in [0.25, 0.3) is 31.9 Å². The fraction of sp³-hybridized carbons (Fsp3) is 0.875. The van der Waals surface area contributed by atoms with Crippen LogP contribution in [0.1, 0.15) is 208 Å². The van der Waals surface area contributed by atoms with E-state index < -0.39 is 0 Å². The Labute approximate surface area is 483 Å². The second-order valence-electron chi connectivity index (χ2n) is 18.0. The van der Waals surface area contributed by atoms with Crippen molar-refractivity contribution in [3.63, 3.8) is 0 Å². The molecule has 18 nitrogen and oxygen atoms in total. The summed E-state index contributed by atoms with van der Waals surface area (Å²) >= 11 is 0. The molecule has 0 N–H and O–H groups in total. The van der Waals surface area contributed by atoms with Crippen molar-refractivity contribution in [1.82, 2.24) is 0 Å². The number of hydrogen-bond acceptors (Lipinski definition) is 12. The van der Waals surface area contributed by atoms with Crippen LogP contribution in [0.15, 0.2) is 30.0 Å². The van der Waals surface area contributed by atoms with Gasteiger partial charge in [-0.25, -0.2) is 0 Å². The van der Waals surface area contributed by atoms with Crippen LogP contribution in [0.2, 0.25) is 0 Å². The molecule has 0 atom stereocenters. The predicted octanol–water partition coefficient (Wildman–Crippen LogP) is 8.43. The average Bonchev–Trinajstić information content (AvgIpc) is 3.08. The van der Waals surface area contributed by atoms with E-state index in [0.29, 0.717) is 72.5 Å². The summed E-state index contributed by atoms with van der Waals surface area (Å²) in [6, 6.07) is 4.36. The molecule has 0 heterocycles. The van der Waals surface area contributed by atoms with E-state index >= 15 is 0 Å². The molecule has 0 aliphatic heterocycles. The van der Waals surface area contributed by atoms with Crippen molar-refractivity contribution in [2.75, 3.05) is 0 Å². The molecule has 0 saturated carbocycles. The monoisotopic (exact) mass is 1210 g/mol. The van der Waals surface area contributed by atoms with E-state index in [2.05, 4.69) is 228 Å². The van der Waals surface area contributed by atoms with Crippen LogP contribution in [0.5, 0.6) is 0 Å². The smallest absolute Gasteiger partial charge is 1.00 e. The molecule has 0 spiro atoms. The molecule has 0 aromatic rings. The van der Waals surface area contributed by atoms with Crippen LogP contribution in [-0.4, -0.2) is 108 Å². The van der Waals surface area contributed by atoms with Crippen molar-refractivity contribution in [3.8, 4) is 0 Å². The molecule has 0 fully saturated rings. The van der Waals surface area contributed by atoms with E-state index in [-0.39, 0.29) is 78.6 Å². The molecule has 0 amide bonds. The van der Waals surface area contributed by atoms with Crippen molar-refractivity contribution in [3.05, 3.63) is 31.9 Å². The maximum absolute atomic E-state index is 7.00. The van der Waals surface area contributed by atoms with Gasteiger partial charge in [-0.3, -0.25) is 0 Å². The molecule has 0 unspecified atom stereocenters. The number of hydrogen-bond donors (Lipinski definition) is 0. The summed E-state index contributed by atoms with van der Waals surface area (Å²) in [6.07, 6.45) is 0. The maximum atomic E-state index is 7.00. The fourth-order valence-electron chi connectivity index (χ4n) is 4.68. The number of nitrogens with zero attached hydrogens (tertiary/aromatic N) is 12. The van der Waals surface area contributed by atoms with Crippen molar-refractivity contribution in [2.24, 2.45) is 30.0 Å². The van der Waals surface area contributed by atoms with E-state index in [1.807, 2.05) is 41.5 Å². The van der Waals surface area contributed by atoms with E-state index in [0.717, 1.165) is 35.0 Å². The fourth-order valence-corrected chi connectivity index (χ4v) is 4.68. The third-order valence-electron chi connectivity index (χ3n) is 5.34. The summed E-state index contributed by atoms with van der Waals surface area (Å²) in [5.41, 5.74) is 0. The molecule has 0 aliphatic rings. The molecule has 21 heteroatoms. The zero-order chi connectivity index (χ0) is 54.9. The van der Waals surface area contributed by atoms with Gasteiger partial charge in [0.25, 0.3) is 0 Å². The van der Waals surface area contributed by atoms with Gasteiger partial charge in [-0.05, 0) is 114 Å². The third kappa shape index (κ3) is 128. The van der Waals surface area contributed by atoms with Crippen LogP contribution in [-0.2, 0) is 78.6 Å². The van der Waals surface area contributed by atoms with Crippen LogP contribution in [0.4, 0.5) is 0 Å². The van der Waals surface area contributed by atoms with Gasteiger partial charge >= 0.3 is 78.6 Å². The first-order chi connectivity index (χ1) is 30.1. The molecule has 0 bridgehead atoms. The summed E-state index contributed by atoms with van der Waals surface area (Å²) in [7, 11) is 0. The largest absolute Gasteiger partial charge is 4.00 e. The van der Waals surface area contributed by atoms with E-state index in [1.54, 1.807) is 0 Å². The Kier molecular flexibility index (Phi) is 98.0. The van der Waals surface area contributed by atoms with Crippen molar-refractivity contribution in [2.45, 2.75) is 280 Å². The average molecular weight is 1220 g/mol. The Morgan fingerprint density at radius 2 is 0.290 bits per heavy atom. The Morgan fingerprint density at radius 3 is 0.333 bits per heavy atom. The summed E-state index contributed by atoms with van der Waals surface area (Å²) < 4.78 is 0. The van der Waals surface area contributed by atoms with Crippen molar-refractivity contribution >= 4 is 35.0 Å². The van der Waals surface area contributed by atoms with Crippen LogP contribution < -0.4 is 31.5 Å². The molecule has 0 aliphatic carbocycles. The Hall–Kier alpha value is -0.771. The van der Waals surface area contributed by atoms with Gasteiger partial charge in [0.05, 0.1) is 0 Å². The van der Waals surface area contributed by atoms with Gasteiger partial charge in [-0.15, -0.1) is 0 Å². The minimum absolute atomic E-state index is 0. The van der Waals surface area contributed by atoms with Gasteiger partial charge in [-0.1, -0.05) is 201 Å². The molecule has 0 aromatic carbocycles. The SMILES string of the molecule is CC(=NC(C)C)[N-]C(C)C.CC(=NC(C)C)[N-]C(C)C.CC(=NC(C)C)[N-]C(C)C.CC(=NC(C)C)[N-]C(C)C.CC(=NC(C)C)[N-]C(C)C.CC(=NC(C)C)[N-]C(C)C.[O-][O-].[O-][O-].[O-][O-].[Zr+4].[Zr+4].[Zr+4]. The summed E-state index contributed by atoms with van der Waals surface area (Å²) in [5.74, 6) is 5.44. The first-order valence-electron chi connectivity index (χ1n) is 23.1. The van der Waals surface area contributed by atoms with E-state index in [1.165, 1.54) is 0 Å². The zero-order valence-electron chi connectivity index (χ0n) is 49.2. The molecular weight excluding hydrogens is 1110 g/mol. The second kappa shape index (κ2) is 69.3. The normalized spacial score (nSPS) is 11.5. The quantitative estimate of drug-likeness (QED) is 0.0798. The Bertz CT molecular complexity index is 966. The van der Waals surface area contributed by atoms with Gasteiger partial charge < -0.3 is 93.4 Å². The Balaban J connectivity index is -0.0000000547. The number of amidine groups is 6. The minimum atomic E-state index is 0. The first-order valence-corrected chi connectivity index (χ1v) is 23.1. The van der Waals surface area contributed by atoms with Crippen molar-refractivity contribution < 1.29 is 110 Å². The topological polar surface area (TPSA) is 297 Å². The van der Waals surface area contributed by atoms with Gasteiger partial charge in [0, 0.05) is 0 Å². The summed E-state index contributed by atoms with van der Waals surface area (Å²) in [6.45, 7) is 61.0. The standard InChI is InChI=1S/6C8H17N2.3O2.3Zr/c6*1-6(2)9-8(5)10-7(3)4;3*1-2;;;/h6*6-7H,1-5H3;;;;;;/q6*-1;3*-2;3*+4. The van der Waals surface area contributed by atoms with Gasteiger partial charge in [0.2, 0.25) is 0 Å². The number of rotatable bonds is 12. The predicted molar refractivity (Wildman–Crippen MR) is 280 cm³/mol. The van der Waals surface area contributed by atoms with Crippen LogP contribution in [0, 0.1) is 0 Å². The van der Waals surface area contributed by atoms with E-state index in [4.69, 9.17) is 31.5 Å². The van der Waals surface area contributed by atoms with Gasteiger partial charge in [0.15, 0.2) is 0 Å². The minimum Gasteiger partial charge on any atom is -1.00 e. The molecule has 0 rings (SSSR count). The molecule has 0 radical (unpaired) electrons. The third-order valence-corrected chi connectivity index (χ3v) is 5.34. The van der Waals surface area contributed by atoms with Crippen LogP contribution in [0.3, 0.4) is 0 Å². The number of aliphatic imine (C=N–C) groups is 6. The van der Waals surface area contributed by atoms with Crippen molar-refractivity contribution in [1.29, 1.82) is 0 Å². The van der Waals surface area contributed by atoms with Crippen LogP contribution >= 0.6 is 0 Å². The molecule has 0 saturated heterocycles. The zero-order valence-corrected chi connectivity index (χ0v) is 56.6. The Morgan fingerprint density at radius 1 is 0.217 bits per heavy atom. The molecule has 0 aromatic heterocycles. The molecule has 69 heavy (non-hydrogen) atoms. The first kappa shape index (κ1) is 97.5. The summed E-state index contributed by atoms with van der Waals surface area (Å²) in [5, 5.41) is 67.6. The molecular formula is C48H102N12O6Zr3. The van der Waals surface area contributed by atoms with E-state index in [9.17, 15) is 0 Å². The second-order valence-corrected chi connectivity index (χ2v) is 18.0. The van der Waals surface area contributed by atoms with Gasteiger partial charge in [-0.2, -0.15) is 0 Å². The summed E-state index contributed by atoms with van der Waals surface area (Å²) in [4.78, 5) is 25.6. The maximum Gasteiger partial charge on any atom is 4.00 e. The molecule has 402 valence electrons.